The van der Waals surface area contributed by atoms with Crippen LogP contribution in [-0.2, 0) is 4.79 Å². The first kappa shape index (κ1) is 16.6. The van der Waals surface area contributed by atoms with Gasteiger partial charge in [0.05, 0.1) is 12.1 Å². The highest BCUT2D eigenvalue weighted by atomic mass is 32.1. The number of ether oxygens (including phenoxy) is 2. The highest BCUT2D eigenvalue weighted by molar-refractivity contribution is 7.16. The number of likely N-dealkylation sites (tertiary alicyclic amines) is 1. The quantitative estimate of drug-likeness (QED) is 0.869. The standard InChI is InChI=1S/C19H18N2O5S/c22-18(21-7-12(10-1-2-10)13(8-21)19(23)24)16-6-20-17(27-16)11-3-4-14-15(5-11)26-9-25-14/h3-6,10,12-13H,1-2,7-9H2,(H,23,24)/t12-,13+/m1/s1. The molecular weight excluding hydrogens is 368 g/mol. The Morgan fingerprint density at radius 1 is 1.19 bits per heavy atom. The van der Waals surface area contributed by atoms with E-state index >= 15 is 0 Å². The Kier molecular flexibility index (Phi) is 3.82. The van der Waals surface area contributed by atoms with Crippen LogP contribution in [0.15, 0.2) is 24.4 Å². The zero-order valence-electron chi connectivity index (χ0n) is 14.5. The molecule has 2 fully saturated rings. The fourth-order valence-electron chi connectivity index (χ4n) is 3.95. The SMILES string of the molecule is O=C(O)[C@H]1CN(C(=O)c2cnc(-c3ccc4c(c3)OCO4)s2)C[C@@H]1C1CC1. The second-order valence-corrected chi connectivity index (χ2v) is 8.28. The summed E-state index contributed by atoms with van der Waals surface area (Å²) in [6.45, 7) is 1.02. The Hall–Kier alpha value is -2.61. The van der Waals surface area contributed by atoms with Crippen LogP contribution in [-0.4, -0.2) is 46.7 Å². The topological polar surface area (TPSA) is 89.0 Å². The Balaban J connectivity index is 1.35. The van der Waals surface area contributed by atoms with E-state index in [2.05, 4.69) is 4.98 Å². The second-order valence-electron chi connectivity index (χ2n) is 7.25. The minimum absolute atomic E-state index is 0.0766. The van der Waals surface area contributed by atoms with E-state index in [0.717, 1.165) is 23.4 Å². The molecule has 1 saturated heterocycles. The lowest BCUT2D eigenvalue weighted by atomic mass is 9.92. The van der Waals surface area contributed by atoms with Gasteiger partial charge in [0.25, 0.3) is 5.91 Å². The molecule has 2 aliphatic heterocycles. The van der Waals surface area contributed by atoms with Gasteiger partial charge in [-0.15, -0.1) is 11.3 Å². The molecule has 27 heavy (non-hydrogen) atoms. The van der Waals surface area contributed by atoms with Gasteiger partial charge in [0, 0.05) is 18.7 Å². The van der Waals surface area contributed by atoms with Crippen LogP contribution in [0.2, 0.25) is 0 Å². The minimum atomic E-state index is -0.799. The number of aromatic nitrogens is 1. The van der Waals surface area contributed by atoms with Gasteiger partial charge < -0.3 is 19.5 Å². The summed E-state index contributed by atoms with van der Waals surface area (Å²) in [5.74, 6) is 0.521. The predicted octanol–water partition coefficient (Wildman–Crippen LogP) is 2.72. The highest BCUT2D eigenvalue weighted by Gasteiger charge is 2.47. The summed E-state index contributed by atoms with van der Waals surface area (Å²) in [5, 5.41) is 10.2. The van der Waals surface area contributed by atoms with E-state index in [1.54, 1.807) is 11.1 Å². The Morgan fingerprint density at radius 3 is 2.78 bits per heavy atom. The van der Waals surface area contributed by atoms with Gasteiger partial charge in [0.15, 0.2) is 11.5 Å². The van der Waals surface area contributed by atoms with E-state index in [4.69, 9.17) is 9.47 Å². The third-order valence-corrected chi connectivity index (χ3v) is 6.57. The highest BCUT2D eigenvalue weighted by Crippen LogP contribution is 2.44. The maximum Gasteiger partial charge on any atom is 0.308 e. The van der Waals surface area contributed by atoms with Crippen LogP contribution in [0.3, 0.4) is 0 Å². The fourth-order valence-corrected chi connectivity index (χ4v) is 4.83. The first-order chi connectivity index (χ1) is 13.1. The Bertz CT molecular complexity index is 923. The third kappa shape index (κ3) is 2.93. The average Bonchev–Trinajstić information content (AvgIpc) is 3.10. The van der Waals surface area contributed by atoms with Crippen LogP contribution in [0, 0.1) is 17.8 Å². The van der Waals surface area contributed by atoms with Gasteiger partial charge in [0.1, 0.15) is 9.88 Å². The molecule has 2 atom stereocenters. The molecule has 8 heteroatoms. The Labute approximate surface area is 159 Å². The van der Waals surface area contributed by atoms with E-state index in [-0.39, 0.29) is 25.2 Å². The zero-order valence-corrected chi connectivity index (χ0v) is 15.3. The van der Waals surface area contributed by atoms with E-state index < -0.39 is 11.9 Å². The van der Waals surface area contributed by atoms with Crippen LogP contribution in [0.1, 0.15) is 22.5 Å². The number of carboxylic acids is 1. The van der Waals surface area contributed by atoms with Crippen LogP contribution >= 0.6 is 11.3 Å². The maximum absolute atomic E-state index is 12.9. The number of carbonyl (C=O) groups excluding carboxylic acids is 1. The van der Waals surface area contributed by atoms with Gasteiger partial charge in [-0.25, -0.2) is 4.98 Å². The van der Waals surface area contributed by atoms with Crippen molar-refractivity contribution in [1.82, 2.24) is 9.88 Å². The first-order valence-corrected chi connectivity index (χ1v) is 9.80. The van der Waals surface area contributed by atoms with Gasteiger partial charge in [0.2, 0.25) is 6.79 Å². The molecule has 0 radical (unpaired) electrons. The average molecular weight is 386 g/mol. The Morgan fingerprint density at radius 2 is 2.00 bits per heavy atom. The third-order valence-electron chi connectivity index (χ3n) is 5.53. The van der Waals surface area contributed by atoms with Gasteiger partial charge in [-0.1, -0.05) is 0 Å². The predicted molar refractivity (Wildman–Crippen MR) is 96.9 cm³/mol. The number of benzene rings is 1. The second kappa shape index (κ2) is 6.23. The summed E-state index contributed by atoms with van der Waals surface area (Å²) >= 11 is 1.32. The van der Waals surface area contributed by atoms with Crippen LogP contribution in [0.5, 0.6) is 11.5 Å². The zero-order chi connectivity index (χ0) is 18.5. The number of hydrogen-bond acceptors (Lipinski definition) is 6. The first-order valence-electron chi connectivity index (χ1n) is 8.98. The van der Waals surface area contributed by atoms with Gasteiger partial charge in [-0.2, -0.15) is 0 Å². The molecule has 1 saturated carbocycles. The lowest BCUT2D eigenvalue weighted by molar-refractivity contribution is -0.142. The van der Waals surface area contributed by atoms with E-state index in [9.17, 15) is 14.7 Å². The number of hydrogen-bond donors (Lipinski definition) is 1. The molecule has 1 aliphatic carbocycles. The lowest BCUT2D eigenvalue weighted by Crippen LogP contribution is -2.29. The van der Waals surface area contributed by atoms with Crippen molar-refractivity contribution in [2.75, 3.05) is 19.9 Å². The number of carboxylic acid groups (broad SMARTS) is 1. The smallest absolute Gasteiger partial charge is 0.308 e. The van der Waals surface area contributed by atoms with E-state index in [1.165, 1.54) is 11.3 Å². The van der Waals surface area contributed by atoms with Crippen molar-refractivity contribution in [1.29, 1.82) is 0 Å². The van der Waals surface area contributed by atoms with Crippen LogP contribution in [0.25, 0.3) is 10.6 Å². The van der Waals surface area contributed by atoms with Crippen molar-refractivity contribution in [2.24, 2.45) is 17.8 Å². The molecule has 3 heterocycles. The molecule has 7 nitrogen and oxygen atoms in total. The number of nitrogens with zero attached hydrogens (tertiary/aromatic N) is 2. The van der Waals surface area contributed by atoms with Crippen molar-refractivity contribution < 1.29 is 24.2 Å². The van der Waals surface area contributed by atoms with Gasteiger partial charge >= 0.3 is 5.97 Å². The molecular formula is C19H18N2O5S. The number of thiazole rings is 1. The summed E-state index contributed by atoms with van der Waals surface area (Å²) in [4.78, 5) is 31.0. The molecule has 1 amide bonds. The number of amides is 1. The summed E-state index contributed by atoms with van der Waals surface area (Å²) < 4.78 is 10.7. The number of fused-ring (bicyclic) bond motifs is 1. The molecule has 3 aliphatic rings. The summed E-state index contributed by atoms with van der Waals surface area (Å²) in [7, 11) is 0. The van der Waals surface area contributed by atoms with E-state index in [0.29, 0.717) is 28.8 Å². The molecule has 2 aromatic rings. The van der Waals surface area contributed by atoms with Crippen molar-refractivity contribution in [2.45, 2.75) is 12.8 Å². The molecule has 0 spiro atoms. The summed E-state index contributed by atoms with van der Waals surface area (Å²) in [6, 6.07) is 5.58. The van der Waals surface area contributed by atoms with Crippen LogP contribution < -0.4 is 9.47 Å². The van der Waals surface area contributed by atoms with Gasteiger partial charge in [-0.05, 0) is 42.9 Å². The van der Waals surface area contributed by atoms with Crippen molar-refractivity contribution in [3.8, 4) is 22.1 Å². The van der Waals surface area contributed by atoms with Crippen LogP contribution in [0.4, 0.5) is 0 Å². The molecule has 0 unspecified atom stereocenters. The molecule has 140 valence electrons. The van der Waals surface area contributed by atoms with Crippen molar-refractivity contribution in [3.63, 3.8) is 0 Å². The molecule has 1 aromatic heterocycles. The molecule has 1 aromatic carbocycles. The fraction of sp³-hybridized carbons (Fsp3) is 0.421. The number of carbonyl (C=O) groups is 2. The normalized spacial score (nSPS) is 23.6. The molecule has 5 rings (SSSR count). The van der Waals surface area contributed by atoms with Crippen molar-refractivity contribution in [3.05, 3.63) is 29.3 Å². The number of aliphatic carboxylic acids is 1. The molecule has 1 N–H and O–H groups in total. The number of rotatable bonds is 4. The summed E-state index contributed by atoms with van der Waals surface area (Å²) in [5.41, 5.74) is 0.865. The van der Waals surface area contributed by atoms with Crippen molar-refractivity contribution >= 4 is 23.2 Å². The van der Waals surface area contributed by atoms with Gasteiger partial charge in [-0.3, -0.25) is 9.59 Å². The molecule has 0 bridgehead atoms. The largest absolute Gasteiger partial charge is 0.481 e. The summed E-state index contributed by atoms with van der Waals surface area (Å²) in [6.07, 6.45) is 3.73. The monoisotopic (exact) mass is 386 g/mol. The van der Waals surface area contributed by atoms with E-state index in [1.807, 2.05) is 18.2 Å². The lowest BCUT2D eigenvalue weighted by Gasteiger charge is -2.14. The maximum atomic E-state index is 12.9. The minimum Gasteiger partial charge on any atom is -0.481 e.